The summed E-state index contributed by atoms with van der Waals surface area (Å²) in [5, 5.41) is 4.76. The first-order chi connectivity index (χ1) is 41.1. The largest absolute Gasteiger partial charge is 0.497 e. The molecule has 0 bridgehead atoms. The zero-order valence-electron chi connectivity index (χ0n) is 56.0. The standard InChI is InChI=1S/C69H90O15P4/c1-64(2,3)52-31-40(70-19)25-46-47-26-41(71-20)32-53(65(4,5)6)59(47)80-86(79-58(46)52)76-37-85(38-77-87-81-60-48(27-42(72-21)33-54(60)66(7,8)9)49-28-43(73-22)34-55(61(49)82-87)67(10,11)12)39-78-88-83-62-50(29-44(74-23)35-56(62)68(13,14)15)51-30-45(75-24)36-57(63(51)84-88)69(16,17)18/h25-36H,37-39H2,1-24H3. The normalized spacial score (nSPS) is 12.9. The molecule has 0 fully saturated rings. The van der Waals surface area contributed by atoms with Crippen LogP contribution in [0.3, 0.4) is 0 Å². The van der Waals surface area contributed by atoms with E-state index < -0.39 is 65.1 Å². The first-order valence-electron chi connectivity index (χ1n) is 29.5. The Morgan fingerprint density at radius 2 is 0.409 bits per heavy atom. The van der Waals surface area contributed by atoms with Crippen molar-refractivity contribution < 1.29 is 67.2 Å². The number of fused-ring (bicyclic) bond motifs is 9. The molecule has 476 valence electrons. The van der Waals surface area contributed by atoms with Crippen molar-refractivity contribution in [2.75, 3.05) is 61.7 Å². The van der Waals surface area contributed by atoms with Gasteiger partial charge in [-0.1, -0.05) is 125 Å². The summed E-state index contributed by atoms with van der Waals surface area (Å²) in [6, 6.07) is 24.1. The van der Waals surface area contributed by atoms with Gasteiger partial charge in [-0.15, -0.1) is 0 Å². The number of benzene rings is 6. The number of ether oxygens (including phenoxy) is 6. The summed E-state index contributed by atoms with van der Waals surface area (Å²) < 4.78 is 100. The lowest BCUT2D eigenvalue weighted by molar-refractivity contribution is 0.394. The minimum absolute atomic E-state index is 0.0736. The molecule has 0 N–H and O–H groups in total. The highest BCUT2D eigenvalue weighted by atomic mass is 31.1. The Morgan fingerprint density at radius 3 is 0.534 bits per heavy atom. The molecule has 0 atom stereocenters. The molecule has 3 aromatic heterocycles. The van der Waals surface area contributed by atoms with Gasteiger partial charge in [-0.2, -0.15) is 0 Å². The quantitative estimate of drug-likeness (QED) is 0.0891. The van der Waals surface area contributed by atoms with Crippen LogP contribution in [0.4, 0.5) is 0 Å². The zero-order valence-corrected chi connectivity index (χ0v) is 59.5. The number of hydrogen-bond acceptors (Lipinski definition) is 15. The van der Waals surface area contributed by atoms with Gasteiger partial charge in [0.05, 0.1) is 61.7 Å². The molecule has 0 amide bonds. The van der Waals surface area contributed by atoms with Gasteiger partial charge in [-0.3, -0.25) is 13.6 Å². The average Bonchev–Trinajstić information content (AvgIpc) is 2.40. The average molecular weight is 1280 g/mol. The van der Waals surface area contributed by atoms with E-state index in [1.54, 1.807) is 42.7 Å². The van der Waals surface area contributed by atoms with Crippen molar-refractivity contribution in [3.63, 3.8) is 0 Å². The van der Waals surface area contributed by atoms with E-state index >= 15 is 0 Å². The lowest BCUT2D eigenvalue weighted by atomic mass is 9.84. The highest BCUT2D eigenvalue weighted by Gasteiger charge is 2.31. The van der Waals surface area contributed by atoms with E-state index in [1.807, 2.05) is 72.8 Å². The third-order valence-corrected chi connectivity index (χ3v) is 20.6. The van der Waals surface area contributed by atoms with E-state index in [-0.39, 0.29) is 19.0 Å². The Kier molecular flexibility index (Phi) is 19.0. The van der Waals surface area contributed by atoms with Gasteiger partial charge < -0.3 is 53.6 Å². The monoisotopic (exact) mass is 1280 g/mol. The van der Waals surface area contributed by atoms with Crippen LogP contribution in [-0.2, 0) is 32.5 Å². The van der Waals surface area contributed by atoms with E-state index in [4.69, 9.17) is 67.2 Å². The van der Waals surface area contributed by atoms with E-state index in [2.05, 4.69) is 125 Å². The van der Waals surface area contributed by atoms with Gasteiger partial charge in [0, 0.05) is 65.7 Å². The molecule has 0 aliphatic rings. The Morgan fingerprint density at radius 1 is 0.261 bits per heavy atom. The summed E-state index contributed by atoms with van der Waals surface area (Å²) in [5.41, 5.74) is 6.87. The fraction of sp³-hybridized carbons (Fsp3) is 0.478. The maximum absolute atomic E-state index is 7.14. The predicted octanol–water partition coefficient (Wildman–Crippen LogP) is 21.4. The highest BCUT2D eigenvalue weighted by molar-refractivity contribution is 7.58. The second-order valence-electron chi connectivity index (χ2n) is 28.5. The summed E-state index contributed by atoms with van der Waals surface area (Å²) in [5.74, 6) is 4.08. The Bertz CT molecular complexity index is 3530. The van der Waals surface area contributed by atoms with Crippen molar-refractivity contribution in [1.82, 2.24) is 0 Å². The van der Waals surface area contributed by atoms with Crippen LogP contribution in [-0.4, -0.2) is 61.7 Å². The van der Waals surface area contributed by atoms with Crippen molar-refractivity contribution >= 4 is 98.5 Å². The molecule has 0 aliphatic heterocycles. The van der Waals surface area contributed by atoms with E-state index in [0.29, 0.717) is 68.0 Å². The fourth-order valence-corrected chi connectivity index (χ4v) is 16.4. The molecule has 0 saturated carbocycles. The van der Waals surface area contributed by atoms with Crippen LogP contribution in [0.5, 0.6) is 34.5 Å². The van der Waals surface area contributed by atoms with Gasteiger partial charge in [-0.25, -0.2) is 0 Å². The van der Waals surface area contributed by atoms with Crippen LogP contribution < -0.4 is 42.0 Å². The molecule has 0 unspecified atom stereocenters. The van der Waals surface area contributed by atoms with Gasteiger partial charge in [0.15, 0.2) is 0 Å². The minimum Gasteiger partial charge on any atom is -0.497 e. The fourth-order valence-electron chi connectivity index (χ4n) is 10.6. The minimum atomic E-state index is -2.18. The van der Waals surface area contributed by atoms with Crippen LogP contribution in [0.1, 0.15) is 158 Å². The number of methoxy groups -OCH3 is 6. The van der Waals surface area contributed by atoms with Gasteiger partial charge in [0.1, 0.15) is 68.0 Å². The summed E-state index contributed by atoms with van der Waals surface area (Å²) in [7, 11) is 1.99. The van der Waals surface area contributed by atoms with Crippen LogP contribution in [0, 0.1) is 0 Å². The molecule has 0 aliphatic carbocycles. The third kappa shape index (κ3) is 14.0. The van der Waals surface area contributed by atoms with Gasteiger partial charge in [0.25, 0.3) is 0 Å². The number of rotatable bonds is 15. The molecule has 3 heterocycles. The van der Waals surface area contributed by atoms with Crippen molar-refractivity contribution in [2.24, 2.45) is 0 Å². The van der Waals surface area contributed by atoms with E-state index in [9.17, 15) is 0 Å². The van der Waals surface area contributed by atoms with Gasteiger partial charge in [0.2, 0.25) is 0 Å². The molecule has 9 rings (SSSR count). The third-order valence-electron chi connectivity index (χ3n) is 15.5. The smallest absolute Gasteiger partial charge is 0.387 e. The van der Waals surface area contributed by atoms with Crippen molar-refractivity contribution in [2.45, 2.75) is 157 Å². The maximum atomic E-state index is 7.14. The molecular formula is C69H90O15P4. The van der Waals surface area contributed by atoms with E-state index in [0.717, 1.165) is 65.7 Å². The molecule has 9 aromatic rings. The lowest BCUT2D eigenvalue weighted by Gasteiger charge is -2.21. The lowest BCUT2D eigenvalue weighted by Crippen LogP contribution is -2.12. The molecule has 19 heteroatoms. The molecule has 6 aromatic carbocycles. The SMILES string of the molecule is COc1cc(C(C)(C)C)c2op(OCP(COp3oc4c(C(C)(C)C)cc(OC)cc4c4cc(OC)cc(C(C)(C)C)c4o3)COp3oc4c(C(C)(C)C)cc(OC)cc4c4cc(OC)cc(C(C)(C)C)c4o3)oc3c(C(C)(C)C)cc(OC)cc3c2c1. The second kappa shape index (κ2) is 25.1. The first-order valence-corrected chi connectivity index (χ1v) is 34.7. The van der Waals surface area contributed by atoms with Crippen LogP contribution >= 0.6 is 32.6 Å². The summed E-state index contributed by atoms with van der Waals surface area (Å²) >= 11 is 0. The Balaban J connectivity index is 1.29. The molecule has 0 radical (unpaired) electrons. The van der Waals surface area contributed by atoms with Crippen molar-refractivity contribution in [1.29, 1.82) is 0 Å². The Labute approximate surface area is 522 Å². The molecule has 88 heavy (non-hydrogen) atoms. The first kappa shape index (κ1) is 66.5. The summed E-state index contributed by atoms with van der Waals surface area (Å²) in [6.07, 6.45) is 0.221. The van der Waals surface area contributed by atoms with Gasteiger partial charge in [-0.05, 0) is 113 Å². The van der Waals surface area contributed by atoms with Crippen LogP contribution in [0.25, 0.3) is 65.8 Å². The second-order valence-corrected chi connectivity index (χ2v) is 33.8. The molecule has 0 saturated heterocycles. The van der Waals surface area contributed by atoms with Crippen molar-refractivity contribution in [3.8, 4) is 34.5 Å². The molecule has 15 nitrogen and oxygen atoms in total. The van der Waals surface area contributed by atoms with Crippen LogP contribution in [0.15, 0.2) is 98.0 Å². The predicted molar refractivity (Wildman–Crippen MR) is 362 cm³/mol. The van der Waals surface area contributed by atoms with Crippen LogP contribution in [0.2, 0.25) is 0 Å². The molecule has 0 spiro atoms. The zero-order chi connectivity index (χ0) is 64.4. The Hall–Kier alpha value is -5.87. The maximum Gasteiger partial charge on any atom is 0.387 e. The topological polar surface area (TPSA) is 162 Å². The van der Waals surface area contributed by atoms with E-state index in [1.165, 1.54) is 0 Å². The van der Waals surface area contributed by atoms with Gasteiger partial charge >= 0.3 is 24.7 Å². The molecular weight excluding hydrogens is 1190 g/mol. The summed E-state index contributed by atoms with van der Waals surface area (Å²) in [4.78, 5) is 0. The highest BCUT2D eigenvalue weighted by Crippen LogP contribution is 2.51. The van der Waals surface area contributed by atoms with Crippen molar-refractivity contribution in [3.05, 3.63) is 106 Å². The number of hydrogen-bond donors (Lipinski definition) is 0. The summed E-state index contributed by atoms with van der Waals surface area (Å²) in [6.45, 7) is 38.7.